The van der Waals surface area contributed by atoms with Gasteiger partial charge in [0.2, 0.25) is 0 Å². The summed E-state index contributed by atoms with van der Waals surface area (Å²) in [6.07, 6.45) is 10.2. The summed E-state index contributed by atoms with van der Waals surface area (Å²) in [4.78, 5) is 9.34. The van der Waals surface area contributed by atoms with Crippen molar-refractivity contribution in [1.82, 2.24) is 9.97 Å². The Morgan fingerprint density at radius 2 is 1.76 bits per heavy atom. The van der Waals surface area contributed by atoms with Gasteiger partial charge in [-0.25, -0.2) is 9.97 Å². The first-order chi connectivity index (χ1) is 16.8. The highest BCUT2D eigenvalue weighted by molar-refractivity contribution is 5.43. The van der Waals surface area contributed by atoms with E-state index in [1.807, 2.05) is 18.3 Å². The van der Waals surface area contributed by atoms with E-state index in [0.29, 0.717) is 13.0 Å². The lowest BCUT2D eigenvalue weighted by Gasteiger charge is -2.21. The first kappa shape index (κ1) is 24.2. The van der Waals surface area contributed by atoms with Gasteiger partial charge < -0.3 is 14.2 Å². The molecule has 0 radical (unpaired) electrons. The third kappa shape index (κ3) is 7.56. The SMILES string of the molecule is COc1ccc(Cc2nccc(CCC3CCOCC3)n2)cc1OCCCCc1ccccc1. The second kappa shape index (κ2) is 13.1. The molecule has 0 N–H and O–H groups in total. The van der Waals surface area contributed by atoms with Gasteiger partial charge in [-0.2, -0.15) is 0 Å². The van der Waals surface area contributed by atoms with Gasteiger partial charge >= 0.3 is 0 Å². The number of hydrogen-bond donors (Lipinski definition) is 0. The van der Waals surface area contributed by atoms with Crippen molar-refractivity contribution in [2.75, 3.05) is 26.9 Å². The van der Waals surface area contributed by atoms with Crippen molar-refractivity contribution in [3.8, 4) is 11.5 Å². The maximum Gasteiger partial charge on any atom is 0.161 e. The number of aromatic nitrogens is 2. The van der Waals surface area contributed by atoms with E-state index in [9.17, 15) is 0 Å². The third-order valence-corrected chi connectivity index (χ3v) is 6.46. The molecular weight excluding hydrogens is 424 g/mol. The molecule has 0 saturated carbocycles. The Morgan fingerprint density at radius 1 is 0.912 bits per heavy atom. The van der Waals surface area contributed by atoms with Crippen molar-refractivity contribution in [2.45, 2.75) is 51.4 Å². The van der Waals surface area contributed by atoms with Crippen LogP contribution in [0.5, 0.6) is 11.5 Å². The van der Waals surface area contributed by atoms with Gasteiger partial charge in [0.1, 0.15) is 5.82 Å². The van der Waals surface area contributed by atoms with Crippen molar-refractivity contribution in [3.63, 3.8) is 0 Å². The lowest BCUT2D eigenvalue weighted by Crippen LogP contribution is -2.16. The van der Waals surface area contributed by atoms with Crippen LogP contribution in [0, 0.1) is 5.92 Å². The van der Waals surface area contributed by atoms with E-state index in [0.717, 1.165) is 73.4 Å². The van der Waals surface area contributed by atoms with Gasteiger partial charge in [-0.1, -0.05) is 36.4 Å². The molecule has 0 unspecified atom stereocenters. The minimum Gasteiger partial charge on any atom is -0.493 e. The summed E-state index contributed by atoms with van der Waals surface area (Å²) in [5, 5.41) is 0. The Balaban J connectivity index is 1.29. The lowest BCUT2D eigenvalue weighted by molar-refractivity contribution is 0.0639. The van der Waals surface area contributed by atoms with Crippen molar-refractivity contribution in [3.05, 3.63) is 83.4 Å². The number of rotatable bonds is 12. The van der Waals surface area contributed by atoms with E-state index in [2.05, 4.69) is 47.4 Å². The summed E-state index contributed by atoms with van der Waals surface area (Å²) in [5.74, 6) is 3.15. The van der Waals surface area contributed by atoms with E-state index >= 15 is 0 Å². The fourth-order valence-electron chi connectivity index (χ4n) is 4.44. The molecule has 1 fully saturated rings. The van der Waals surface area contributed by atoms with E-state index in [1.54, 1.807) is 7.11 Å². The Hall–Kier alpha value is -2.92. The van der Waals surface area contributed by atoms with Crippen LogP contribution >= 0.6 is 0 Å². The molecule has 2 heterocycles. The van der Waals surface area contributed by atoms with Gasteiger partial charge in [0.05, 0.1) is 13.7 Å². The molecule has 0 amide bonds. The third-order valence-electron chi connectivity index (χ3n) is 6.46. The highest BCUT2D eigenvalue weighted by Gasteiger charge is 2.14. The minimum atomic E-state index is 0.671. The average Bonchev–Trinajstić information content (AvgIpc) is 2.89. The van der Waals surface area contributed by atoms with Gasteiger partial charge in [-0.3, -0.25) is 0 Å². The van der Waals surface area contributed by atoms with Crippen LogP contribution in [-0.4, -0.2) is 36.9 Å². The maximum atomic E-state index is 6.10. The molecule has 0 atom stereocenters. The van der Waals surface area contributed by atoms with Crippen molar-refractivity contribution < 1.29 is 14.2 Å². The van der Waals surface area contributed by atoms with Crippen molar-refractivity contribution in [2.24, 2.45) is 5.92 Å². The molecular formula is C29H36N2O3. The Morgan fingerprint density at radius 3 is 2.59 bits per heavy atom. The molecule has 1 aliphatic heterocycles. The Bertz CT molecular complexity index is 1000. The van der Waals surface area contributed by atoms with Gasteiger partial charge in [0.15, 0.2) is 11.5 Å². The number of benzene rings is 2. The van der Waals surface area contributed by atoms with Gasteiger partial charge in [0.25, 0.3) is 0 Å². The fraction of sp³-hybridized carbons (Fsp3) is 0.448. The predicted octanol–water partition coefficient (Wildman–Crippen LogP) is 5.84. The fourth-order valence-corrected chi connectivity index (χ4v) is 4.44. The van der Waals surface area contributed by atoms with E-state index < -0.39 is 0 Å². The number of hydrogen-bond acceptors (Lipinski definition) is 5. The highest BCUT2D eigenvalue weighted by Crippen LogP contribution is 2.29. The summed E-state index contributed by atoms with van der Waals surface area (Å²) in [6, 6.07) is 18.7. The quantitative estimate of drug-likeness (QED) is 0.318. The van der Waals surface area contributed by atoms with Crippen LogP contribution in [0.2, 0.25) is 0 Å². The van der Waals surface area contributed by atoms with Crippen LogP contribution in [-0.2, 0) is 24.0 Å². The molecule has 5 heteroatoms. The summed E-state index contributed by atoms with van der Waals surface area (Å²) >= 11 is 0. The smallest absolute Gasteiger partial charge is 0.161 e. The van der Waals surface area contributed by atoms with Crippen molar-refractivity contribution >= 4 is 0 Å². The number of nitrogens with zero attached hydrogens (tertiary/aromatic N) is 2. The number of methoxy groups -OCH3 is 1. The second-order valence-corrected chi connectivity index (χ2v) is 9.01. The largest absolute Gasteiger partial charge is 0.493 e. The monoisotopic (exact) mass is 460 g/mol. The van der Waals surface area contributed by atoms with E-state index in [-0.39, 0.29) is 0 Å². The van der Waals surface area contributed by atoms with Crippen LogP contribution in [0.3, 0.4) is 0 Å². The zero-order valence-electron chi connectivity index (χ0n) is 20.2. The molecule has 5 nitrogen and oxygen atoms in total. The molecule has 4 rings (SSSR count). The van der Waals surface area contributed by atoms with Crippen LogP contribution in [0.25, 0.3) is 0 Å². The van der Waals surface area contributed by atoms with Crippen LogP contribution in [0.15, 0.2) is 60.8 Å². The highest BCUT2D eigenvalue weighted by atomic mass is 16.5. The molecule has 0 aliphatic carbocycles. The minimum absolute atomic E-state index is 0.671. The summed E-state index contributed by atoms with van der Waals surface area (Å²) in [7, 11) is 1.68. The maximum absolute atomic E-state index is 6.10. The van der Waals surface area contributed by atoms with Crippen molar-refractivity contribution in [1.29, 1.82) is 0 Å². The average molecular weight is 461 g/mol. The first-order valence-corrected chi connectivity index (χ1v) is 12.5. The van der Waals surface area contributed by atoms with Crippen LogP contribution in [0.1, 0.15) is 54.7 Å². The molecule has 0 bridgehead atoms. The van der Waals surface area contributed by atoms with Gasteiger partial charge in [-0.15, -0.1) is 0 Å². The first-order valence-electron chi connectivity index (χ1n) is 12.5. The zero-order chi connectivity index (χ0) is 23.4. The molecule has 1 saturated heterocycles. The summed E-state index contributed by atoms with van der Waals surface area (Å²) in [6.45, 7) is 2.47. The second-order valence-electron chi connectivity index (χ2n) is 9.01. The molecule has 1 aromatic heterocycles. The molecule has 2 aromatic carbocycles. The standard InChI is InChI=1S/C29H36N2O3/c1-32-27-13-11-25(21-28(27)34-18-6-5-9-23-7-3-2-4-8-23)22-29-30-17-14-26(31-29)12-10-24-15-19-33-20-16-24/h2-4,7-8,11,13-14,17,21,24H,5-6,9-10,12,15-16,18-20,22H2,1H3. The van der Waals surface area contributed by atoms with E-state index in [1.165, 1.54) is 24.8 Å². The number of ether oxygens (including phenoxy) is 3. The number of aryl methyl sites for hydroxylation is 2. The Labute approximate surface area is 203 Å². The topological polar surface area (TPSA) is 53.5 Å². The predicted molar refractivity (Wildman–Crippen MR) is 135 cm³/mol. The van der Waals surface area contributed by atoms with Crippen LogP contribution in [0.4, 0.5) is 0 Å². The normalized spacial score (nSPS) is 14.1. The Kier molecular flexibility index (Phi) is 9.32. The molecule has 3 aromatic rings. The summed E-state index contributed by atoms with van der Waals surface area (Å²) in [5.41, 5.74) is 3.62. The van der Waals surface area contributed by atoms with Crippen LogP contribution < -0.4 is 9.47 Å². The van der Waals surface area contributed by atoms with E-state index in [4.69, 9.17) is 19.2 Å². The lowest BCUT2D eigenvalue weighted by atomic mass is 9.94. The number of unbranched alkanes of at least 4 members (excludes halogenated alkanes) is 1. The van der Waals surface area contributed by atoms with Gasteiger partial charge in [-0.05, 0) is 80.2 Å². The summed E-state index contributed by atoms with van der Waals surface area (Å²) < 4.78 is 17.1. The molecule has 0 spiro atoms. The molecule has 1 aliphatic rings. The zero-order valence-corrected chi connectivity index (χ0v) is 20.2. The van der Waals surface area contributed by atoms with Gasteiger partial charge in [0, 0.05) is 31.5 Å². The molecule has 34 heavy (non-hydrogen) atoms. The molecule has 180 valence electrons.